The van der Waals surface area contributed by atoms with Gasteiger partial charge in [-0.05, 0) is 30.7 Å². The third kappa shape index (κ3) is 2.96. The van der Waals surface area contributed by atoms with E-state index in [0.29, 0.717) is 5.69 Å². The van der Waals surface area contributed by atoms with Gasteiger partial charge in [-0.2, -0.15) is 0 Å². The lowest BCUT2D eigenvalue weighted by Gasteiger charge is -2.34. The van der Waals surface area contributed by atoms with Gasteiger partial charge in [-0.3, -0.25) is 4.79 Å². The quantitative estimate of drug-likeness (QED) is 0.679. The second-order valence-corrected chi connectivity index (χ2v) is 8.13. The summed E-state index contributed by atoms with van der Waals surface area (Å²) in [4.78, 5) is 25.0. The second kappa shape index (κ2) is 6.51. The molecule has 1 amide bonds. The third-order valence-electron chi connectivity index (χ3n) is 3.96. The molecule has 0 radical (unpaired) electrons. The van der Waals surface area contributed by atoms with E-state index >= 15 is 0 Å². The Labute approximate surface area is 146 Å². The Morgan fingerprint density at radius 2 is 2.17 bits per heavy atom. The van der Waals surface area contributed by atoms with Gasteiger partial charge in [0, 0.05) is 23.5 Å². The number of carbonyl (C=O) groups excluding carboxylic acids is 1. The lowest BCUT2D eigenvalue weighted by Crippen LogP contribution is -2.38. The smallest absolute Gasteiger partial charge is 0.273 e. The third-order valence-corrected chi connectivity index (χ3v) is 6.71. The van der Waals surface area contributed by atoms with Crippen molar-refractivity contribution in [2.45, 2.75) is 25.3 Å². The first-order chi connectivity index (χ1) is 11.3. The molecule has 118 valence electrons. The van der Waals surface area contributed by atoms with Crippen LogP contribution in [0.25, 0.3) is 9.88 Å². The van der Waals surface area contributed by atoms with E-state index in [0.717, 1.165) is 40.7 Å². The highest BCUT2D eigenvalue weighted by Crippen LogP contribution is 2.34. The van der Waals surface area contributed by atoms with Crippen LogP contribution in [-0.4, -0.2) is 27.3 Å². The van der Waals surface area contributed by atoms with E-state index in [1.165, 1.54) is 11.3 Å². The van der Waals surface area contributed by atoms with Crippen molar-refractivity contribution in [2.75, 3.05) is 6.54 Å². The molecule has 1 aliphatic rings. The standard InChI is InChI=1S/C16H15N3OS3/c20-16(11-10-23-15(18-11)13-5-3-8-21-13)19-7-2-1-4-12(19)14-17-6-9-22-14/h3,5-6,8-10,12H,1-2,4,7H2. The molecule has 1 saturated heterocycles. The van der Waals surface area contributed by atoms with Gasteiger partial charge in [0.2, 0.25) is 0 Å². The van der Waals surface area contributed by atoms with Crippen LogP contribution in [0.4, 0.5) is 0 Å². The molecule has 0 bridgehead atoms. The molecule has 0 spiro atoms. The number of rotatable bonds is 3. The van der Waals surface area contributed by atoms with Gasteiger partial charge in [0.25, 0.3) is 5.91 Å². The molecule has 0 aromatic carbocycles. The molecule has 1 atom stereocenters. The molecule has 23 heavy (non-hydrogen) atoms. The molecule has 3 aromatic heterocycles. The van der Waals surface area contributed by atoms with Gasteiger partial charge in [-0.25, -0.2) is 9.97 Å². The van der Waals surface area contributed by atoms with Crippen molar-refractivity contribution in [3.05, 3.63) is 45.2 Å². The summed E-state index contributed by atoms with van der Waals surface area (Å²) in [5.41, 5.74) is 0.557. The first-order valence-electron chi connectivity index (χ1n) is 7.52. The minimum atomic E-state index is 0.0314. The van der Waals surface area contributed by atoms with Gasteiger partial charge >= 0.3 is 0 Å². The molecule has 4 heterocycles. The molecular formula is C16H15N3OS3. The highest BCUT2D eigenvalue weighted by Gasteiger charge is 2.31. The van der Waals surface area contributed by atoms with Gasteiger partial charge in [0.05, 0.1) is 10.9 Å². The Bertz CT molecular complexity index is 779. The summed E-state index contributed by atoms with van der Waals surface area (Å²) in [5, 5.41) is 7.84. The number of nitrogens with zero attached hydrogens (tertiary/aromatic N) is 3. The van der Waals surface area contributed by atoms with E-state index in [9.17, 15) is 4.79 Å². The van der Waals surface area contributed by atoms with Crippen LogP contribution in [0.15, 0.2) is 34.5 Å². The fourth-order valence-corrected chi connectivity index (χ4v) is 5.26. The zero-order valence-corrected chi connectivity index (χ0v) is 14.8. The van der Waals surface area contributed by atoms with Gasteiger partial charge in [0.15, 0.2) is 0 Å². The molecule has 4 nitrogen and oxygen atoms in total. The molecule has 1 fully saturated rings. The van der Waals surface area contributed by atoms with Gasteiger partial charge in [-0.1, -0.05) is 6.07 Å². The van der Waals surface area contributed by atoms with E-state index < -0.39 is 0 Å². The summed E-state index contributed by atoms with van der Waals surface area (Å²) in [5.74, 6) is 0.0314. The number of thiophene rings is 1. The maximum atomic E-state index is 12.9. The normalized spacial score (nSPS) is 18.3. The fourth-order valence-electron chi connectivity index (χ4n) is 2.86. The number of likely N-dealkylation sites (tertiary alicyclic amines) is 1. The van der Waals surface area contributed by atoms with Gasteiger partial charge in [0.1, 0.15) is 15.7 Å². The van der Waals surface area contributed by atoms with Crippen LogP contribution >= 0.6 is 34.0 Å². The molecule has 1 aliphatic heterocycles. The van der Waals surface area contributed by atoms with Crippen molar-refractivity contribution in [2.24, 2.45) is 0 Å². The van der Waals surface area contributed by atoms with Crippen molar-refractivity contribution < 1.29 is 4.79 Å². The van der Waals surface area contributed by atoms with Crippen molar-refractivity contribution in [1.29, 1.82) is 0 Å². The average Bonchev–Trinajstić information content (AvgIpc) is 3.35. The van der Waals surface area contributed by atoms with Gasteiger partial charge < -0.3 is 4.90 Å². The summed E-state index contributed by atoms with van der Waals surface area (Å²) in [6.07, 6.45) is 5.00. The Balaban J connectivity index is 1.60. The molecule has 0 N–H and O–H groups in total. The number of amides is 1. The van der Waals surface area contributed by atoms with E-state index in [4.69, 9.17) is 0 Å². The zero-order valence-electron chi connectivity index (χ0n) is 12.3. The van der Waals surface area contributed by atoms with E-state index in [-0.39, 0.29) is 11.9 Å². The average molecular weight is 362 g/mol. The van der Waals surface area contributed by atoms with Crippen LogP contribution in [0, 0.1) is 0 Å². The summed E-state index contributed by atoms with van der Waals surface area (Å²) in [6.45, 7) is 0.787. The molecule has 4 rings (SSSR count). The first kappa shape index (κ1) is 15.0. The Morgan fingerprint density at radius 1 is 1.22 bits per heavy atom. The topological polar surface area (TPSA) is 46.1 Å². The van der Waals surface area contributed by atoms with Crippen molar-refractivity contribution >= 4 is 39.9 Å². The molecule has 7 heteroatoms. The SMILES string of the molecule is O=C(c1csc(-c2cccs2)n1)N1CCCCC1c1nccs1. The van der Waals surface area contributed by atoms with E-state index in [1.54, 1.807) is 22.7 Å². The van der Waals surface area contributed by atoms with Gasteiger partial charge in [-0.15, -0.1) is 34.0 Å². The van der Waals surface area contributed by atoms with Crippen LogP contribution in [0.5, 0.6) is 0 Å². The maximum Gasteiger partial charge on any atom is 0.273 e. The minimum absolute atomic E-state index is 0.0314. The highest BCUT2D eigenvalue weighted by molar-refractivity contribution is 7.20. The van der Waals surface area contributed by atoms with Crippen LogP contribution in [0.1, 0.15) is 40.8 Å². The molecule has 3 aromatic rings. The van der Waals surface area contributed by atoms with Crippen LogP contribution in [0.2, 0.25) is 0 Å². The Kier molecular flexibility index (Phi) is 4.24. The number of hydrogen-bond donors (Lipinski definition) is 0. The number of aromatic nitrogens is 2. The molecule has 0 saturated carbocycles. The summed E-state index contributed by atoms with van der Waals surface area (Å²) in [6, 6.07) is 4.14. The van der Waals surface area contributed by atoms with Crippen LogP contribution in [0.3, 0.4) is 0 Å². The summed E-state index contributed by atoms with van der Waals surface area (Å²) < 4.78 is 0. The number of thiazole rings is 2. The minimum Gasteiger partial charge on any atom is -0.328 e. The fraction of sp³-hybridized carbons (Fsp3) is 0.312. The zero-order chi connectivity index (χ0) is 15.6. The summed E-state index contributed by atoms with van der Waals surface area (Å²) in [7, 11) is 0. The first-order valence-corrected chi connectivity index (χ1v) is 10.2. The summed E-state index contributed by atoms with van der Waals surface area (Å²) >= 11 is 4.81. The molecule has 0 aliphatic carbocycles. The van der Waals surface area contributed by atoms with Crippen LogP contribution in [-0.2, 0) is 0 Å². The number of piperidine rings is 1. The van der Waals surface area contributed by atoms with Crippen molar-refractivity contribution in [1.82, 2.24) is 14.9 Å². The van der Waals surface area contributed by atoms with E-state index in [2.05, 4.69) is 9.97 Å². The number of hydrogen-bond acceptors (Lipinski definition) is 6. The highest BCUT2D eigenvalue weighted by atomic mass is 32.1. The van der Waals surface area contributed by atoms with Crippen molar-refractivity contribution in [3.8, 4) is 9.88 Å². The lowest BCUT2D eigenvalue weighted by molar-refractivity contribution is 0.0606. The van der Waals surface area contributed by atoms with Crippen LogP contribution < -0.4 is 0 Å². The maximum absolute atomic E-state index is 12.9. The predicted octanol–water partition coefficient (Wildman–Crippen LogP) is 4.70. The molecule has 1 unspecified atom stereocenters. The molecular weight excluding hydrogens is 346 g/mol. The second-order valence-electron chi connectivity index (χ2n) is 5.40. The Hall–Kier alpha value is -1.57. The largest absolute Gasteiger partial charge is 0.328 e. The monoisotopic (exact) mass is 361 g/mol. The Morgan fingerprint density at radius 3 is 2.96 bits per heavy atom. The van der Waals surface area contributed by atoms with E-state index in [1.807, 2.05) is 39.4 Å². The predicted molar refractivity (Wildman–Crippen MR) is 95.2 cm³/mol. The van der Waals surface area contributed by atoms with Crippen molar-refractivity contribution in [3.63, 3.8) is 0 Å². The lowest BCUT2D eigenvalue weighted by atomic mass is 10.0. The number of carbonyl (C=O) groups is 1.